The molecule has 2 unspecified atom stereocenters. The maximum absolute atomic E-state index is 11.0. The van der Waals surface area contributed by atoms with Crippen LogP contribution in [0, 0.1) is 0 Å². The summed E-state index contributed by atoms with van der Waals surface area (Å²) in [6, 6.07) is -0.403. The number of carbonyl (C=O) groups is 1. The van der Waals surface area contributed by atoms with Crippen molar-refractivity contribution < 1.29 is 13.9 Å². The minimum atomic E-state index is -3.17. The van der Waals surface area contributed by atoms with Gasteiger partial charge >= 0.3 is 7.67 Å². The Morgan fingerprint density at radius 1 is 1.82 bits per heavy atom. The Morgan fingerprint density at radius 3 is 2.82 bits per heavy atom. The third kappa shape index (κ3) is 2.38. The molecule has 0 aromatic carbocycles. The van der Waals surface area contributed by atoms with E-state index >= 15 is 0 Å². The van der Waals surface area contributed by atoms with E-state index in [1.165, 1.54) is 6.92 Å². The lowest BCUT2D eigenvalue weighted by molar-refractivity contribution is -0.119. The van der Waals surface area contributed by atoms with Crippen LogP contribution in [0.3, 0.4) is 0 Å². The van der Waals surface area contributed by atoms with Crippen molar-refractivity contribution in [2.45, 2.75) is 19.4 Å². The van der Waals surface area contributed by atoms with Gasteiger partial charge in [-0.1, -0.05) is 0 Å². The molecule has 2 atom stereocenters. The SMILES string of the molecule is CC(=O)C1CCOP(N)(=O)N1. The molecule has 6 heteroatoms. The Balaban J connectivity index is 2.60. The van der Waals surface area contributed by atoms with Crippen LogP contribution in [-0.2, 0) is 13.9 Å². The lowest BCUT2D eigenvalue weighted by atomic mass is 10.2. The topological polar surface area (TPSA) is 81.4 Å². The minimum absolute atomic E-state index is 0.0565. The van der Waals surface area contributed by atoms with Crippen molar-refractivity contribution >= 4 is 13.5 Å². The van der Waals surface area contributed by atoms with E-state index in [9.17, 15) is 9.36 Å². The van der Waals surface area contributed by atoms with Gasteiger partial charge in [0.05, 0.1) is 12.6 Å². The second-order valence-electron chi connectivity index (χ2n) is 2.51. The van der Waals surface area contributed by atoms with Gasteiger partial charge < -0.3 is 4.52 Å². The number of nitrogens with one attached hydrogen (secondary N) is 1. The Bertz CT molecular complexity index is 218. The van der Waals surface area contributed by atoms with Crippen molar-refractivity contribution in [2.75, 3.05) is 6.61 Å². The van der Waals surface area contributed by atoms with E-state index in [0.29, 0.717) is 6.42 Å². The minimum Gasteiger partial charge on any atom is -0.306 e. The van der Waals surface area contributed by atoms with Crippen LogP contribution in [0.25, 0.3) is 0 Å². The number of ketones is 1. The summed E-state index contributed by atoms with van der Waals surface area (Å²) in [4.78, 5) is 10.8. The molecule has 0 amide bonds. The number of hydrogen-bond acceptors (Lipinski definition) is 3. The average molecular weight is 178 g/mol. The molecule has 1 fully saturated rings. The van der Waals surface area contributed by atoms with Crippen LogP contribution in [0.5, 0.6) is 0 Å². The summed E-state index contributed by atoms with van der Waals surface area (Å²) in [7, 11) is -3.17. The number of carbonyl (C=O) groups excluding carboxylic acids is 1. The average Bonchev–Trinajstić information content (AvgIpc) is 1.85. The van der Waals surface area contributed by atoms with Crippen LogP contribution in [0.4, 0.5) is 0 Å². The van der Waals surface area contributed by atoms with Gasteiger partial charge in [-0.25, -0.2) is 10.6 Å². The molecule has 0 aliphatic carbocycles. The fourth-order valence-corrected chi connectivity index (χ4v) is 2.12. The van der Waals surface area contributed by atoms with Crippen LogP contribution in [-0.4, -0.2) is 18.4 Å². The largest absolute Gasteiger partial charge is 0.338 e. The summed E-state index contributed by atoms with van der Waals surface area (Å²) in [6.45, 7) is 1.72. The maximum Gasteiger partial charge on any atom is 0.338 e. The summed E-state index contributed by atoms with van der Waals surface area (Å²) >= 11 is 0. The molecule has 64 valence electrons. The zero-order valence-electron chi connectivity index (χ0n) is 6.24. The molecular formula is C5H11N2O3P. The highest BCUT2D eigenvalue weighted by molar-refractivity contribution is 7.54. The first kappa shape index (κ1) is 8.87. The highest BCUT2D eigenvalue weighted by Gasteiger charge is 2.29. The first-order chi connectivity index (χ1) is 5.01. The van der Waals surface area contributed by atoms with Crippen LogP contribution in [0.2, 0.25) is 0 Å². The smallest absolute Gasteiger partial charge is 0.306 e. The van der Waals surface area contributed by atoms with Crippen LogP contribution in [0.15, 0.2) is 0 Å². The third-order valence-corrected chi connectivity index (χ3v) is 2.75. The molecule has 0 aromatic rings. The molecule has 1 aliphatic heterocycles. The summed E-state index contributed by atoms with van der Waals surface area (Å²) in [5, 5.41) is 2.45. The Morgan fingerprint density at radius 2 is 2.45 bits per heavy atom. The van der Waals surface area contributed by atoms with Crippen molar-refractivity contribution in [1.82, 2.24) is 5.09 Å². The van der Waals surface area contributed by atoms with E-state index in [2.05, 4.69) is 5.09 Å². The second-order valence-corrected chi connectivity index (χ2v) is 4.22. The molecule has 0 saturated carbocycles. The maximum atomic E-state index is 11.0. The molecule has 0 radical (unpaired) electrons. The number of nitrogens with two attached hydrogens (primary N) is 1. The number of Topliss-reactive ketones (excluding diaryl/α,β-unsaturated/α-hetero) is 1. The quantitative estimate of drug-likeness (QED) is 0.553. The summed E-state index contributed by atoms with van der Waals surface area (Å²) in [5.41, 5.74) is 5.18. The van der Waals surface area contributed by atoms with Crippen LogP contribution < -0.4 is 10.6 Å². The number of rotatable bonds is 1. The first-order valence-electron chi connectivity index (χ1n) is 3.33. The van der Waals surface area contributed by atoms with Gasteiger partial charge in [0.15, 0.2) is 0 Å². The molecule has 1 aliphatic rings. The Labute approximate surface area is 64.8 Å². The molecule has 1 saturated heterocycles. The summed E-state index contributed by atoms with van der Waals surface area (Å²) in [6.07, 6.45) is 0.538. The lowest BCUT2D eigenvalue weighted by Crippen LogP contribution is -2.40. The van der Waals surface area contributed by atoms with E-state index in [1.807, 2.05) is 0 Å². The summed E-state index contributed by atoms with van der Waals surface area (Å²) < 4.78 is 15.8. The van der Waals surface area contributed by atoms with Crippen molar-refractivity contribution in [3.8, 4) is 0 Å². The van der Waals surface area contributed by atoms with E-state index in [1.54, 1.807) is 0 Å². The zero-order chi connectivity index (χ0) is 8.48. The van der Waals surface area contributed by atoms with Gasteiger partial charge in [-0.15, -0.1) is 0 Å². The standard InChI is InChI=1S/C5H11N2O3P/c1-4(8)5-2-3-10-11(6,9)7-5/h5H,2-3H2,1H3,(H3,6,7,9). The van der Waals surface area contributed by atoms with Gasteiger partial charge in [0, 0.05) is 0 Å². The number of hydrogen-bond donors (Lipinski definition) is 2. The molecule has 3 N–H and O–H groups in total. The highest BCUT2D eigenvalue weighted by Crippen LogP contribution is 2.36. The van der Waals surface area contributed by atoms with E-state index in [4.69, 9.17) is 10.0 Å². The fourth-order valence-electron chi connectivity index (χ4n) is 0.919. The van der Waals surface area contributed by atoms with E-state index in [-0.39, 0.29) is 12.4 Å². The van der Waals surface area contributed by atoms with Crippen molar-refractivity contribution in [3.63, 3.8) is 0 Å². The normalized spacial score (nSPS) is 38.5. The molecule has 1 rings (SSSR count). The molecule has 0 aromatic heterocycles. The second kappa shape index (κ2) is 3.03. The molecule has 5 nitrogen and oxygen atoms in total. The molecular weight excluding hydrogens is 167 g/mol. The zero-order valence-corrected chi connectivity index (χ0v) is 7.14. The van der Waals surface area contributed by atoms with E-state index in [0.717, 1.165) is 0 Å². The van der Waals surface area contributed by atoms with E-state index < -0.39 is 13.7 Å². The van der Waals surface area contributed by atoms with Gasteiger partial charge in [0.25, 0.3) is 0 Å². The van der Waals surface area contributed by atoms with Gasteiger partial charge in [0.1, 0.15) is 5.78 Å². The van der Waals surface area contributed by atoms with Gasteiger partial charge in [-0.05, 0) is 13.3 Å². The molecule has 0 spiro atoms. The molecule has 0 bridgehead atoms. The Hall–Kier alpha value is -0.220. The van der Waals surface area contributed by atoms with Gasteiger partial charge in [0.2, 0.25) is 0 Å². The van der Waals surface area contributed by atoms with Crippen LogP contribution >= 0.6 is 7.67 Å². The predicted octanol–water partition coefficient (Wildman–Crippen LogP) is 0.0207. The van der Waals surface area contributed by atoms with Crippen LogP contribution in [0.1, 0.15) is 13.3 Å². The Kier molecular flexibility index (Phi) is 2.44. The predicted molar refractivity (Wildman–Crippen MR) is 40.0 cm³/mol. The van der Waals surface area contributed by atoms with Gasteiger partial charge in [-0.3, -0.25) is 9.36 Å². The van der Waals surface area contributed by atoms with Gasteiger partial charge in [-0.2, -0.15) is 0 Å². The van der Waals surface area contributed by atoms with Crippen molar-refractivity contribution in [1.29, 1.82) is 0 Å². The molecule has 1 heterocycles. The first-order valence-corrected chi connectivity index (χ1v) is 5.02. The highest BCUT2D eigenvalue weighted by atomic mass is 31.2. The fraction of sp³-hybridized carbons (Fsp3) is 0.800. The molecule has 11 heavy (non-hydrogen) atoms. The van der Waals surface area contributed by atoms with Crippen molar-refractivity contribution in [3.05, 3.63) is 0 Å². The lowest BCUT2D eigenvalue weighted by Gasteiger charge is -2.26. The van der Waals surface area contributed by atoms with Crippen molar-refractivity contribution in [2.24, 2.45) is 5.50 Å². The third-order valence-electron chi connectivity index (χ3n) is 1.52. The monoisotopic (exact) mass is 178 g/mol. The summed E-state index contributed by atoms with van der Waals surface area (Å²) in [5.74, 6) is -0.0565.